The number of hydrogen-bond acceptors (Lipinski definition) is 8. The molecule has 0 amide bonds. The molecule has 38 heavy (non-hydrogen) atoms. The highest BCUT2D eigenvalue weighted by atomic mass is 31.2. The fourth-order valence-electron chi connectivity index (χ4n) is 3.28. The number of phosphoric ester groups is 1. The summed E-state index contributed by atoms with van der Waals surface area (Å²) in [5.41, 5.74) is 0. The number of carbonyl (C=O) groups is 1. The highest BCUT2D eigenvalue weighted by Gasteiger charge is 2.21. The molecule has 0 saturated carbocycles. The Kier molecular flexibility index (Phi) is 20.5. The summed E-state index contributed by atoms with van der Waals surface area (Å²) in [5.74, 6) is 6.04. The van der Waals surface area contributed by atoms with Crippen LogP contribution in [0.1, 0.15) is 64.7 Å². The number of methoxy groups -OCH3 is 1. The van der Waals surface area contributed by atoms with Crippen molar-refractivity contribution in [2.45, 2.75) is 76.9 Å². The van der Waals surface area contributed by atoms with Crippen molar-refractivity contribution in [1.82, 2.24) is 0 Å². The molecule has 0 fully saturated rings. The van der Waals surface area contributed by atoms with Gasteiger partial charge >= 0.3 is 5.97 Å². The van der Waals surface area contributed by atoms with Gasteiger partial charge in [-0.3, -0.25) is 4.57 Å². The fraction of sp³-hybridized carbons (Fsp3) is 0.750. The lowest BCUT2D eigenvalue weighted by molar-refractivity contribution is -0.870. The largest absolute Gasteiger partial charge is 0.756 e. The van der Waals surface area contributed by atoms with Gasteiger partial charge in [0.05, 0.1) is 27.7 Å². The Morgan fingerprint density at radius 2 is 1.82 bits per heavy atom. The Labute approximate surface area is 230 Å². The molecule has 2 unspecified atom stereocenters. The highest BCUT2D eigenvalue weighted by molar-refractivity contribution is 7.45. The molecule has 0 saturated heterocycles. The van der Waals surface area contributed by atoms with Crippen molar-refractivity contribution in [1.29, 1.82) is 0 Å². The predicted molar refractivity (Wildman–Crippen MR) is 148 cm³/mol. The molecule has 10 heteroatoms. The van der Waals surface area contributed by atoms with Gasteiger partial charge in [-0.15, -0.1) is 6.58 Å². The number of nitrogens with zero attached hydrogens (tertiary/aromatic N) is 1. The van der Waals surface area contributed by atoms with Crippen LogP contribution in [0.25, 0.3) is 0 Å². The normalized spacial score (nSPS) is 15.8. The van der Waals surface area contributed by atoms with E-state index in [0.717, 1.165) is 25.2 Å². The van der Waals surface area contributed by atoms with E-state index in [9.17, 15) is 19.4 Å². The summed E-state index contributed by atoms with van der Waals surface area (Å²) in [7, 11) is 2.52. The zero-order chi connectivity index (χ0) is 28.9. The average Bonchev–Trinajstić information content (AvgIpc) is 2.84. The first-order chi connectivity index (χ1) is 17.9. The molecular formula is C28H50NO8P. The molecule has 0 rings (SSSR count). The maximum absolute atomic E-state index is 12.2. The van der Waals surface area contributed by atoms with E-state index in [0.29, 0.717) is 23.9 Å². The third-order valence-corrected chi connectivity index (χ3v) is 6.62. The van der Waals surface area contributed by atoms with Gasteiger partial charge in [0, 0.05) is 13.5 Å². The quantitative estimate of drug-likeness (QED) is 0.0529. The number of hydrogen-bond donors (Lipinski definition) is 1. The molecule has 0 bridgehead atoms. The van der Waals surface area contributed by atoms with Crippen LogP contribution in [0.3, 0.4) is 0 Å². The van der Waals surface area contributed by atoms with Gasteiger partial charge in [0.2, 0.25) is 0 Å². The van der Waals surface area contributed by atoms with Gasteiger partial charge in [-0.1, -0.05) is 50.2 Å². The van der Waals surface area contributed by atoms with Gasteiger partial charge in [-0.2, -0.15) is 0 Å². The zero-order valence-corrected chi connectivity index (χ0v) is 25.0. The van der Waals surface area contributed by atoms with Crippen molar-refractivity contribution in [3.8, 4) is 11.8 Å². The van der Waals surface area contributed by atoms with Crippen LogP contribution in [-0.2, 0) is 27.9 Å². The molecular weight excluding hydrogens is 509 g/mol. The second-order valence-electron chi connectivity index (χ2n) is 10.5. The Hall–Kier alpha value is -1.50. The van der Waals surface area contributed by atoms with Crippen LogP contribution >= 0.6 is 7.82 Å². The van der Waals surface area contributed by atoms with Crippen LogP contribution in [0.5, 0.6) is 0 Å². The minimum absolute atomic E-state index is 0.0419. The fourth-order valence-corrected chi connectivity index (χ4v) is 4.01. The Morgan fingerprint density at radius 3 is 2.47 bits per heavy atom. The molecule has 0 radical (unpaired) electrons. The molecule has 0 spiro atoms. The summed E-state index contributed by atoms with van der Waals surface area (Å²) in [6.45, 7) is 5.47. The number of carbonyl (C=O) groups excluding carboxylic acids is 1. The van der Waals surface area contributed by atoms with Crippen molar-refractivity contribution < 1.29 is 42.4 Å². The van der Waals surface area contributed by atoms with Crippen LogP contribution in [0.2, 0.25) is 0 Å². The van der Waals surface area contributed by atoms with Gasteiger partial charge < -0.3 is 33.0 Å². The molecule has 1 N–H and O–H groups in total. The van der Waals surface area contributed by atoms with Crippen molar-refractivity contribution in [2.75, 3.05) is 54.6 Å². The topological polar surface area (TPSA) is 114 Å². The number of rotatable bonds is 22. The molecule has 0 aromatic rings. The second-order valence-corrected chi connectivity index (χ2v) is 11.9. The maximum atomic E-state index is 12.2. The van der Waals surface area contributed by atoms with Crippen molar-refractivity contribution in [2.24, 2.45) is 5.92 Å². The van der Waals surface area contributed by atoms with E-state index in [1.54, 1.807) is 0 Å². The number of aliphatic hydroxyl groups is 1. The number of unbranched alkanes of at least 4 members (excludes halogenated alkanes) is 3. The van der Waals surface area contributed by atoms with E-state index >= 15 is 0 Å². The van der Waals surface area contributed by atoms with Crippen LogP contribution < -0.4 is 4.89 Å². The number of quaternary nitrogens is 1. The number of phosphoric acid groups is 1. The molecule has 4 atom stereocenters. The van der Waals surface area contributed by atoms with E-state index in [1.807, 2.05) is 33.3 Å². The van der Waals surface area contributed by atoms with Gasteiger partial charge in [0.25, 0.3) is 7.82 Å². The van der Waals surface area contributed by atoms with Gasteiger partial charge in [-0.05, 0) is 44.1 Å². The Balaban J connectivity index is 4.11. The van der Waals surface area contributed by atoms with E-state index in [-0.39, 0.29) is 6.61 Å². The minimum atomic E-state index is -4.56. The van der Waals surface area contributed by atoms with Crippen molar-refractivity contribution in [3.63, 3.8) is 0 Å². The molecule has 0 aliphatic rings. The first kappa shape index (κ1) is 36.5. The van der Waals surface area contributed by atoms with Crippen molar-refractivity contribution in [3.05, 3.63) is 24.8 Å². The number of likely N-dealkylation sites (N-methyl/N-ethyl adjacent to an activating group) is 1. The molecule has 9 nitrogen and oxygen atoms in total. The average molecular weight is 560 g/mol. The summed E-state index contributed by atoms with van der Waals surface area (Å²) >= 11 is 0. The molecule has 220 valence electrons. The van der Waals surface area contributed by atoms with E-state index in [4.69, 9.17) is 14.0 Å². The lowest BCUT2D eigenvalue weighted by atomic mass is 9.97. The summed E-state index contributed by atoms with van der Waals surface area (Å²) in [4.78, 5) is 24.0. The maximum Gasteiger partial charge on any atom is 0.335 e. The van der Waals surface area contributed by atoms with Crippen LogP contribution in [0, 0.1) is 17.8 Å². The number of aliphatic hydroxyl groups excluding tert-OH is 1. The highest BCUT2D eigenvalue weighted by Crippen LogP contribution is 2.38. The second kappa shape index (κ2) is 21.3. The monoisotopic (exact) mass is 559 g/mol. The summed E-state index contributed by atoms with van der Waals surface area (Å²) in [6, 6.07) is 0. The zero-order valence-electron chi connectivity index (χ0n) is 24.1. The lowest BCUT2D eigenvalue weighted by Gasteiger charge is -2.27. The van der Waals surface area contributed by atoms with E-state index in [2.05, 4.69) is 35.9 Å². The summed E-state index contributed by atoms with van der Waals surface area (Å²) in [5, 5.41) is 9.90. The number of esters is 1. The van der Waals surface area contributed by atoms with Gasteiger partial charge in [-0.25, -0.2) is 4.79 Å². The summed E-state index contributed by atoms with van der Waals surface area (Å²) < 4.78 is 31.9. The van der Waals surface area contributed by atoms with Crippen LogP contribution in [-0.4, -0.2) is 82.4 Å². The standard InChI is InChI=1S/C28H50NO8P/c1-7-8-9-15-18-25(2)19-16-13-11-10-12-14-17-20-27(34-6)28(31)35-23-26(30)24-37-38(32,33)36-22-21-29(3,4)5/h7,10-11,25-27,30H,1,8-9,13,15-24H2,2-6H3/b11-10-/t25?,26-,27+/m1/s1. The molecule has 0 aliphatic heterocycles. The van der Waals surface area contributed by atoms with Crippen molar-refractivity contribution >= 4 is 13.8 Å². The third kappa shape index (κ3) is 22.5. The molecule has 0 aliphatic carbocycles. The van der Waals surface area contributed by atoms with Gasteiger partial charge in [0.15, 0.2) is 6.10 Å². The molecule has 0 aromatic carbocycles. The summed E-state index contributed by atoms with van der Waals surface area (Å²) in [6.07, 6.45) is 12.7. The van der Waals surface area contributed by atoms with E-state index < -0.39 is 39.2 Å². The van der Waals surface area contributed by atoms with E-state index in [1.165, 1.54) is 32.8 Å². The van der Waals surface area contributed by atoms with Gasteiger partial charge in [0.1, 0.15) is 25.9 Å². The number of ether oxygens (including phenoxy) is 2. The lowest BCUT2D eigenvalue weighted by Crippen LogP contribution is -2.37. The molecule has 0 heterocycles. The first-order valence-corrected chi connectivity index (χ1v) is 14.9. The number of allylic oxidation sites excluding steroid dienone is 3. The minimum Gasteiger partial charge on any atom is -0.756 e. The third-order valence-electron chi connectivity index (χ3n) is 5.66. The van der Waals surface area contributed by atoms with Crippen LogP contribution in [0.15, 0.2) is 24.8 Å². The predicted octanol–water partition coefficient (Wildman–Crippen LogP) is 4.01. The Bertz CT molecular complexity index is 784. The SMILES string of the molecule is C=CCCCCC(C)CCC/C=C\C#CCC[C@H](OC)C(=O)OC[C@@H](O)COP(=O)([O-])OCC[N+](C)(C)C. The first-order valence-electron chi connectivity index (χ1n) is 13.4. The van der Waals surface area contributed by atoms with Crippen LogP contribution in [0.4, 0.5) is 0 Å². The smallest absolute Gasteiger partial charge is 0.335 e. The Morgan fingerprint density at radius 1 is 1.11 bits per heavy atom. The molecule has 0 aromatic heterocycles.